The molecule has 0 N–H and O–H groups in total. The molecule has 0 spiro atoms. The number of hydrogen-bond acceptors (Lipinski definition) is 4. The van der Waals surface area contributed by atoms with Gasteiger partial charge in [0.15, 0.2) is 17.3 Å². The van der Waals surface area contributed by atoms with Crippen LogP contribution < -0.4 is 14.2 Å². The summed E-state index contributed by atoms with van der Waals surface area (Å²) in [5, 5.41) is 0.944. The molecule has 0 aliphatic heterocycles. The van der Waals surface area contributed by atoms with Crippen molar-refractivity contribution in [1.82, 2.24) is 0 Å². The van der Waals surface area contributed by atoms with Gasteiger partial charge in [-0.2, -0.15) is 0 Å². The Labute approximate surface area is 185 Å². The van der Waals surface area contributed by atoms with Crippen molar-refractivity contribution in [1.29, 1.82) is 0 Å². The fourth-order valence-electron chi connectivity index (χ4n) is 2.80. The van der Waals surface area contributed by atoms with E-state index >= 15 is 0 Å². The van der Waals surface area contributed by atoms with E-state index in [1.165, 1.54) is 6.08 Å². The number of carbonyl (C=O) groups excluding carboxylic acids is 1. The monoisotopic (exact) mass is 442 g/mol. The highest BCUT2D eigenvalue weighted by atomic mass is 35.5. The van der Waals surface area contributed by atoms with Crippen molar-refractivity contribution in [2.45, 2.75) is 6.61 Å². The second-order valence-corrected chi connectivity index (χ2v) is 7.16. The van der Waals surface area contributed by atoms with Gasteiger partial charge in [-0.1, -0.05) is 53.5 Å². The minimum absolute atomic E-state index is 0.146. The third-order valence-electron chi connectivity index (χ3n) is 4.36. The quantitative estimate of drug-likeness (QED) is 0.295. The number of halogens is 2. The second-order valence-electron chi connectivity index (χ2n) is 6.35. The fourth-order valence-corrected chi connectivity index (χ4v) is 3.12. The highest BCUT2D eigenvalue weighted by Crippen LogP contribution is 2.33. The molecule has 154 valence electrons. The molecule has 0 bridgehead atoms. The lowest BCUT2D eigenvalue weighted by molar-refractivity contribution is 0.104. The Bertz CT molecular complexity index is 1080. The van der Waals surface area contributed by atoms with Crippen LogP contribution in [0.25, 0.3) is 6.08 Å². The normalized spacial score (nSPS) is 10.8. The lowest BCUT2D eigenvalue weighted by Gasteiger charge is -2.14. The van der Waals surface area contributed by atoms with E-state index in [1.807, 2.05) is 18.2 Å². The van der Waals surface area contributed by atoms with Crippen molar-refractivity contribution in [3.05, 3.63) is 93.5 Å². The Hall–Kier alpha value is -2.95. The maximum atomic E-state index is 12.6. The van der Waals surface area contributed by atoms with Gasteiger partial charge in [0.25, 0.3) is 0 Å². The van der Waals surface area contributed by atoms with Gasteiger partial charge in [0.05, 0.1) is 24.3 Å². The first kappa shape index (κ1) is 21.8. The van der Waals surface area contributed by atoms with Crippen molar-refractivity contribution in [2.75, 3.05) is 14.2 Å². The number of ketones is 1. The fraction of sp³-hybridized carbons (Fsp3) is 0.125. The molecule has 0 unspecified atom stereocenters. The molecular weight excluding hydrogens is 423 g/mol. The zero-order valence-corrected chi connectivity index (χ0v) is 18.0. The summed E-state index contributed by atoms with van der Waals surface area (Å²) in [6.07, 6.45) is 3.20. The van der Waals surface area contributed by atoms with Gasteiger partial charge in [-0.25, -0.2) is 0 Å². The zero-order chi connectivity index (χ0) is 21.5. The van der Waals surface area contributed by atoms with Gasteiger partial charge >= 0.3 is 0 Å². The Balaban J connectivity index is 1.83. The van der Waals surface area contributed by atoms with Gasteiger partial charge in [-0.05, 0) is 48.0 Å². The molecule has 0 heterocycles. The first-order valence-electron chi connectivity index (χ1n) is 9.12. The standard InChI is InChI=1S/C24H20Cl2O4/c1-28-19-7-3-6-18(14-19)22(27)12-10-17-5-4-8-23(29-2)24(17)30-15-16-9-11-20(25)21(26)13-16/h3-14H,15H2,1-2H3/b12-10+. The number of hydrogen-bond donors (Lipinski definition) is 0. The van der Waals surface area contributed by atoms with Crippen LogP contribution in [0.3, 0.4) is 0 Å². The smallest absolute Gasteiger partial charge is 0.185 e. The van der Waals surface area contributed by atoms with E-state index in [0.29, 0.717) is 38.4 Å². The van der Waals surface area contributed by atoms with E-state index in [-0.39, 0.29) is 12.4 Å². The third kappa shape index (κ3) is 5.35. The largest absolute Gasteiger partial charge is 0.497 e. The predicted molar refractivity (Wildman–Crippen MR) is 120 cm³/mol. The minimum Gasteiger partial charge on any atom is -0.497 e. The maximum absolute atomic E-state index is 12.6. The summed E-state index contributed by atoms with van der Waals surface area (Å²) in [5.74, 6) is 1.57. The molecule has 3 aromatic rings. The van der Waals surface area contributed by atoms with E-state index in [1.54, 1.807) is 62.8 Å². The number of allylic oxidation sites excluding steroid dienone is 1. The second kappa shape index (κ2) is 10.2. The van der Waals surface area contributed by atoms with Crippen LogP contribution >= 0.6 is 23.2 Å². The molecule has 6 heteroatoms. The number of carbonyl (C=O) groups is 1. The SMILES string of the molecule is COc1cccc(C(=O)/C=C/c2cccc(OC)c2OCc2ccc(Cl)c(Cl)c2)c1. The van der Waals surface area contributed by atoms with E-state index in [9.17, 15) is 4.79 Å². The summed E-state index contributed by atoms with van der Waals surface area (Å²) in [7, 11) is 3.13. The summed E-state index contributed by atoms with van der Waals surface area (Å²) in [6.45, 7) is 0.266. The predicted octanol–water partition coefficient (Wildman–Crippen LogP) is 6.49. The molecule has 30 heavy (non-hydrogen) atoms. The molecule has 0 saturated carbocycles. The molecule has 0 amide bonds. The first-order chi connectivity index (χ1) is 14.5. The van der Waals surface area contributed by atoms with E-state index in [2.05, 4.69) is 0 Å². The number of para-hydroxylation sites is 1. The third-order valence-corrected chi connectivity index (χ3v) is 5.10. The van der Waals surface area contributed by atoms with Crippen LogP contribution in [-0.4, -0.2) is 20.0 Å². The van der Waals surface area contributed by atoms with Crippen molar-refractivity contribution in [3.8, 4) is 17.2 Å². The number of ether oxygens (including phenoxy) is 3. The summed E-state index contributed by atoms with van der Waals surface area (Å²) in [5.41, 5.74) is 2.11. The summed E-state index contributed by atoms with van der Waals surface area (Å²) >= 11 is 12.0. The minimum atomic E-state index is -0.146. The van der Waals surface area contributed by atoms with Crippen LogP contribution in [0.2, 0.25) is 10.0 Å². The average molecular weight is 443 g/mol. The number of benzene rings is 3. The van der Waals surface area contributed by atoms with Gasteiger partial charge in [0.2, 0.25) is 0 Å². The molecule has 3 aromatic carbocycles. The van der Waals surface area contributed by atoms with Crippen LogP contribution in [0.15, 0.2) is 66.7 Å². The molecule has 0 fully saturated rings. The number of rotatable bonds is 8. The lowest BCUT2D eigenvalue weighted by Crippen LogP contribution is -2.00. The molecule has 0 radical (unpaired) electrons. The molecule has 0 aliphatic carbocycles. The average Bonchev–Trinajstić information content (AvgIpc) is 2.78. The topological polar surface area (TPSA) is 44.8 Å². The van der Waals surface area contributed by atoms with Gasteiger partial charge in [0, 0.05) is 11.1 Å². The van der Waals surface area contributed by atoms with Crippen molar-refractivity contribution >= 4 is 35.1 Å². The van der Waals surface area contributed by atoms with Crippen LogP contribution in [0.4, 0.5) is 0 Å². The van der Waals surface area contributed by atoms with Crippen LogP contribution in [0, 0.1) is 0 Å². The van der Waals surface area contributed by atoms with Gasteiger partial charge < -0.3 is 14.2 Å². The molecule has 0 aromatic heterocycles. The molecule has 0 saturated heterocycles. The highest BCUT2D eigenvalue weighted by molar-refractivity contribution is 6.42. The van der Waals surface area contributed by atoms with E-state index in [0.717, 1.165) is 5.56 Å². The van der Waals surface area contributed by atoms with Crippen molar-refractivity contribution in [3.63, 3.8) is 0 Å². The van der Waals surface area contributed by atoms with Gasteiger partial charge in [-0.3, -0.25) is 4.79 Å². The first-order valence-corrected chi connectivity index (χ1v) is 9.87. The van der Waals surface area contributed by atoms with Crippen molar-refractivity contribution in [2.24, 2.45) is 0 Å². The molecule has 3 rings (SSSR count). The van der Waals surface area contributed by atoms with E-state index in [4.69, 9.17) is 37.4 Å². The highest BCUT2D eigenvalue weighted by Gasteiger charge is 2.11. The van der Waals surface area contributed by atoms with Crippen LogP contribution in [0.1, 0.15) is 21.5 Å². The Morgan fingerprint density at radius 3 is 2.47 bits per heavy atom. The number of methoxy groups -OCH3 is 2. The van der Waals surface area contributed by atoms with Crippen LogP contribution in [0.5, 0.6) is 17.2 Å². The van der Waals surface area contributed by atoms with Crippen LogP contribution in [-0.2, 0) is 6.61 Å². The lowest BCUT2D eigenvalue weighted by atomic mass is 10.1. The molecule has 0 atom stereocenters. The summed E-state index contributed by atoms with van der Waals surface area (Å²) < 4.78 is 16.6. The molecular formula is C24H20Cl2O4. The Morgan fingerprint density at radius 2 is 1.73 bits per heavy atom. The molecule has 4 nitrogen and oxygen atoms in total. The van der Waals surface area contributed by atoms with E-state index < -0.39 is 0 Å². The van der Waals surface area contributed by atoms with Crippen molar-refractivity contribution < 1.29 is 19.0 Å². The maximum Gasteiger partial charge on any atom is 0.185 e. The zero-order valence-electron chi connectivity index (χ0n) is 16.5. The molecule has 0 aliphatic rings. The Kier molecular flexibility index (Phi) is 7.39. The van der Waals surface area contributed by atoms with Gasteiger partial charge in [0.1, 0.15) is 12.4 Å². The Morgan fingerprint density at radius 1 is 0.933 bits per heavy atom. The summed E-state index contributed by atoms with van der Waals surface area (Å²) in [6, 6.07) is 17.8. The van der Waals surface area contributed by atoms with Gasteiger partial charge in [-0.15, -0.1) is 0 Å². The summed E-state index contributed by atoms with van der Waals surface area (Å²) in [4.78, 5) is 12.6.